The van der Waals surface area contributed by atoms with Gasteiger partial charge in [-0.05, 0) is 44.0 Å². The standard InChI is InChI=1S/C16H27N3/c1-4-19-10-6-9-15(19)12-18(3)16-13(2)7-5-8-14(16)11-17/h5,7-8,15H,4,6,9-12,17H2,1-3H3. The average molecular weight is 261 g/mol. The summed E-state index contributed by atoms with van der Waals surface area (Å²) in [6.45, 7) is 8.58. The van der Waals surface area contributed by atoms with Crippen LogP contribution in [0.4, 0.5) is 5.69 Å². The zero-order chi connectivity index (χ0) is 13.8. The van der Waals surface area contributed by atoms with Crippen LogP contribution in [0.25, 0.3) is 0 Å². The van der Waals surface area contributed by atoms with Crippen LogP contribution in [0.3, 0.4) is 0 Å². The van der Waals surface area contributed by atoms with Gasteiger partial charge in [-0.1, -0.05) is 25.1 Å². The predicted molar refractivity (Wildman–Crippen MR) is 82.6 cm³/mol. The summed E-state index contributed by atoms with van der Waals surface area (Å²) < 4.78 is 0. The van der Waals surface area contributed by atoms with Crippen molar-refractivity contribution < 1.29 is 0 Å². The van der Waals surface area contributed by atoms with Gasteiger partial charge in [-0.15, -0.1) is 0 Å². The molecule has 1 unspecified atom stereocenters. The van der Waals surface area contributed by atoms with Crippen LogP contribution in [0.5, 0.6) is 0 Å². The molecular formula is C16H27N3. The first-order valence-electron chi connectivity index (χ1n) is 7.41. The number of hydrogen-bond donors (Lipinski definition) is 1. The van der Waals surface area contributed by atoms with E-state index in [1.54, 1.807) is 0 Å². The summed E-state index contributed by atoms with van der Waals surface area (Å²) in [7, 11) is 2.20. The Morgan fingerprint density at radius 1 is 1.42 bits per heavy atom. The van der Waals surface area contributed by atoms with Crippen LogP contribution in [0.2, 0.25) is 0 Å². The van der Waals surface area contributed by atoms with Crippen molar-refractivity contribution in [2.75, 3.05) is 31.6 Å². The van der Waals surface area contributed by atoms with E-state index in [0.717, 1.165) is 13.1 Å². The fourth-order valence-electron chi connectivity index (χ4n) is 3.36. The molecule has 106 valence electrons. The molecular weight excluding hydrogens is 234 g/mol. The van der Waals surface area contributed by atoms with Gasteiger partial charge in [-0.3, -0.25) is 4.90 Å². The first-order valence-corrected chi connectivity index (χ1v) is 7.41. The SMILES string of the molecule is CCN1CCCC1CN(C)c1c(C)cccc1CN. The van der Waals surface area contributed by atoms with Gasteiger partial charge >= 0.3 is 0 Å². The fraction of sp³-hybridized carbons (Fsp3) is 0.625. The molecule has 1 aromatic rings. The zero-order valence-electron chi connectivity index (χ0n) is 12.5. The summed E-state index contributed by atoms with van der Waals surface area (Å²) in [5.41, 5.74) is 9.79. The molecule has 0 spiro atoms. The maximum Gasteiger partial charge on any atom is 0.0439 e. The highest BCUT2D eigenvalue weighted by Gasteiger charge is 2.24. The number of aryl methyl sites for hydroxylation is 1. The molecule has 0 saturated carbocycles. The Morgan fingerprint density at radius 2 is 2.21 bits per heavy atom. The molecule has 19 heavy (non-hydrogen) atoms. The Bertz CT molecular complexity index is 416. The predicted octanol–water partition coefficient (Wildman–Crippen LogP) is 2.37. The highest BCUT2D eigenvalue weighted by Crippen LogP contribution is 2.26. The minimum Gasteiger partial charge on any atom is -0.373 e. The molecule has 0 bridgehead atoms. The Labute approximate surface area is 117 Å². The summed E-state index contributed by atoms with van der Waals surface area (Å²) in [4.78, 5) is 4.99. The van der Waals surface area contributed by atoms with E-state index in [0.29, 0.717) is 12.6 Å². The first kappa shape index (κ1) is 14.4. The van der Waals surface area contributed by atoms with E-state index in [-0.39, 0.29) is 0 Å². The molecule has 2 rings (SSSR count). The number of anilines is 1. The maximum atomic E-state index is 5.88. The molecule has 0 aliphatic carbocycles. The zero-order valence-corrected chi connectivity index (χ0v) is 12.5. The van der Waals surface area contributed by atoms with Crippen molar-refractivity contribution in [2.24, 2.45) is 5.73 Å². The fourth-order valence-corrected chi connectivity index (χ4v) is 3.36. The second-order valence-corrected chi connectivity index (χ2v) is 5.59. The van der Waals surface area contributed by atoms with Gasteiger partial charge in [-0.25, -0.2) is 0 Å². The van der Waals surface area contributed by atoms with Gasteiger partial charge in [0.2, 0.25) is 0 Å². The van der Waals surface area contributed by atoms with Crippen LogP contribution in [0, 0.1) is 6.92 Å². The van der Waals surface area contributed by atoms with Crippen molar-refractivity contribution in [3.63, 3.8) is 0 Å². The lowest BCUT2D eigenvalue weighted by molar-refractivity contribution is 0.270. The molecule has 2 N–H and O–H groups in total. The second kappa shape index (κ2) is 6.40. The Balaban J connectivity index is 2.13. The summed E-state index contributed by atoms with van der Waals surface area (Å²) in [5, 5.41) is 0. The van der Waals surface area contributed by atoms with E-state index in [2.05, 4.69) is 48.9 Å². The van der Waals surface area contributed by atoms with Gasteiger partial charge in [-0.2, -0.15) is 0 Å². The van der Waals surface area contributed by atoms with E-state index >= 15 is 0 Å². The summed E-state index contributed by atoms with van der Waals surface area (Å²) in [6.07, 6.45) is 2.66. The first-order chi connectivity index (χ1) is 9.17. The third-order valence-electron chi connectivity index (χ3n) is 4.31. The lowest BCUT2D eigenvalue weighted by atomic mass is 10.1. The molecule has 0 aromatic heterocycles. The number of likely N-dealkylation sites (tertiary alicyclic amines) is 1. The molecule has 1 aromatic carbocycles. The molecule has 1 heterocycles. The van der Waals surface area contributed by atoms with Gasteiger partial charge in [0.25, 0.3) is 0 Å². The molecule has 1 aliphatic rings. The lowest BCUT2D eigenvalue weighted by Gasteiger charge is -2.31. The monoisotopic (exact) mass is 261 g/mol. The number of benzene rings is 1. The van der Waals surface area contributed by atoms with Crippen LogP contribution in [0.15, 0.2) is 18.2 Å². The summed E-state index contributed by atoms with van der Waals surface area (Å²) in [6, 6.07) is 7.12. The van der Waals surface area contributed by atoms with Gasteiger partial charge in [0.1, 0.15) is 0 Å². The smallest absolute Gasteiger partial charge is 0.0439 e. The highest BCUT2D eigenvalue weighted by atomic mass is 15.2. The minimum atomic E-state index is 0.615. The van der Waals surface area contributed by atoms with Crippen LogP contribution < -0.4 is 10.6 Å². The molecule has 1 atom stereocenters. The van der Waals surface area contributed by atoms with E-state index in [1.807, 2.05) is 0 Å². The Morgan fingerprint density at radius 3 is 2.89 bits per heavy atom. The normalized spacial score (nSPS) is 19.9. The number of para-hydroxylation sites is 1. The summed E-state index contributed by atoms with van der Waals surface area (Å²) in [5.74, 6) is 0. The van der Waals surface area contributed by atoms with Crippen LogP contribution >= 0.6 is 0 Å². The van der Waals surface area contributed by atoms with Crippen LogP contribution in [0.1, 0.15) is 30.9 Å². The minimum absolute atomic E-state index is 0.615. The molecule has 3 nitrogen and oxygen atoms in total. The van der Waals surface area contributed by atoms with Crippen molar-refractivity contribution in [1.82, 2.24) is 4.90 Å². The van der Waals surface area contributed by atoms with Gasteiger partial charge in [0.05, 0.1) is 0 Å². The van der Waals surface area contributed by atoms with Gasteiger partial charge in [0.15, 0.2) is 0 Å². The molecule has 0 radical (unpaired) electrons. The van der Waals surface area contributed by atoms with E-state index in [4.69, 9.17) is 5.73 Å². The van der Waals surface area contributed by atoms with E-state index < -0.39 is 0 Å². The maximum absolute atomic E-state index is 5.88. The molecule has 1 fully saturated rings. The topological polar surface area (TPSA) is 32.5 Å². The Kier molecular flexibility index (Phi) is 4.83. The number of rotatable bonds is 5. The van der Waals surface area contributed by atoms with Crippen molar-refractivity contribution in [3.8, 4) is 0 Å². The largest absolute Gasteiger partial charge is 0.373 e. The van der Waals surface area contributed by atoms with Crippen molar-refractivity contribution >= 4 is 5.69 Å². The van der Waals surface area contributed by atoms with Gasteiger partial charge in [0, 0.05) is 31.9 Å². The van der Waals surface area contributed by atoms with Crippen molar-refractivity contribution in [1.29, 1.82) is 0 Å². The van der Waals surface area contributed by atoms with Gasteiger partial charge < -0.3 is 10.6 Å². The second-order valence-electron chi connectivity index (χ2n) is 5.59. The third kappa shape index (κ3) is 3.10. The molecule has 1 saturated heterocycles. The number of hydrogen-bond acceptors (Lipinski definition) is 3. The number of nitrogens with two attached hydrogens (primary N) is 1. The van der Waals surface area contributed by atoms with E-state index in [9.17, 15) is 0 Å². The molecule has 3 heteroatoms. The van der Waals surface area contributed by atoms with Crippen LogP contribution in [-0.4, -0.2) is 37.6 Å². The van der Waals surface area contributed by atoms with Crippen molar-refractivity contribution in [2.45, 2.75) is 39.3 Å². The molecule has 0 amide bonds. The van der Waals surface area contributed by atoms with Crippen molar-refractivity contribution in [3.05, 3.63) is 29.3 Å². The average Bonchev–Trinajstić information content (AvgIpc) is 2.85. The Hall–Kier alpha value is -1.06. The summed E-state index contributed by atoms with van der Waals surface area (Å²) >= 11 is 0. The third-order valence-corrected chi connectivity index (χ3v) is 4.31. The number of likely N-dealkylation sites (N-methyl/N-ethyl adjacent to an activating group) is 2. The molecule has 1 aliphatic heterocycles. The number of nitrogens with zero attached hydrogens (tertiary/aromatic N) is 2. The quantitative estimate of drug-likeness (QED) is 0.883. The lowest BCUT2D eigenvalue weighted by Crippen LogP contribution is -2.39. The van der Waals surface area contributed by atoms with E-state index in [1.165, 1.54) is 36.2 Å². The van der Waals surface area contributed by atoms with Crippen LogP contribution in [-0.2, 0) is 6.54 Å². The highest BCUT2D eigenvalue weighted by molar-refractivity contribution is 5.59.